The molecule has 0 unspecified atom stereocenters. The number of carbonyl (C=O) groups excluding carboxylic acids is 2. The van der Waals surface area contributed by atoms with E-state index in [9.17, 15) is 9.59 Å². The Kier molecular flexibility index (Phi) is 3.79. The molecule has 0 spiro atoms. The van der Waals surface area contributed by atoms with E-state index in [1.807, 2.05) is 0 Å². The Morgan fingerprint density at radius 1 is 1.60 bits per heavy atom. The maximum atomic E-state index is 11.5. The SMILES string of the molecule is C=C/C=C(\C=NC)N1CCC(=O)NC1=O. The molecule has 5 heteroatoms. The van der Waals surface area contributed by atoms with Crippen molar-refractivity contribution in [3.63, 3.8) is 0 Å². The molecule has 0 aromatic carbocycles. The van der Waals surface area contributed by atoms with Gasteiger partial charge in [0, 0.05) is 26.2 Å². The van der Waals surface area contributed by atoms with Crippen LogP contribution in [0.2, 0.25) is 0 Å². The zero-order valence-corrected chi connectivity index (χ0v) is 8.56. The molecular formula is C10H13N3O2. The molecular weight excluding hydrogens is 194 g/mol. The maximum Gasteiger partial charge on any atom is 0.328 e. The largest absolute Gasteiger partial charge is 0.328 e. The Morgan fingerprint density at radius 2 is 2.33 bits per heavy atom. The number of allylic oxidation sites excluding steroid dienone is 3. The smallest absolute Gasteiger partial charge is 0.294 e. The molecule has 15 heavy (non-hydrogen) atoms. The van der Waals surface area contributed by atoms with Crippen LogP contribution in [0.15, 0.2) is 29.4 Å². The van der Waals surface area contributed by atoms with Crippen molar-refractivity contribution in [1.82, 2.24) is 10.2 Å². The van der Waals surface area contributed by atoms with E-state index in [0.717, 1.165) is 0 Å². The highest BCUT2D eigenvalue weighted by atomic mass is 16.2. The van der Waals surface area contributed by atoms with Gasteiger partial charge < -0.3 is 0 Å². The number of aliphatic imine (C=N–C) groups is 1. The van der Waals surface area contributed by atoms with Crippen molar-refractivity contribution in [3.8, 4) is 0 Å². The number of nitrogens with zero attached hydrogens (tertiary/aromatic N) is 2. The van der Waals surface area contributed by atoms with E-state index in [0.29, 0.717) is 18.7 Å². The molecule has 80 valence electrons. The van der Waals surface area contributed by atoms with E-state index in [1.54, 1.807) is 25.4 Å². The van der Waals surface area contributed by atoms with Gasteiger partial charge in [0.15, 0.2) is 0 Å². The second-order valence-corrected chi connectivity index (χ2v) is 2.97. The van der Waals surface area contributed by atoms with Crippen molar-refractivity contribution in [2.45, 2.75) is 6.42 Å². The number of nitrogens with one attached hydrogen (secondary N) is 1. The van der Waals surface area contributed by atoms with Crippen LogP contribution >= 0.6 is 0 Å². The van der Waals surface area contributed by atoms with Crippen molar-refractivity contribution < 1.29 is 9.59 Å². The van der Waals surface area contributed by atoms with Crippen molar-refractivity contribution in [3.05, 3.63) is 24.4 Å². The number of carbonyl (C=O) groups is 2. The van der Waals surface area contributed by atoms with E-state index in [-0.39, 0.29) is 5.91 Å². The normalized spacial score (nSPS) is 18.2. The first-order valence-electron chi connectivity index (χ1n) is 4.55. The third kappa shape index (κ3) is 2.77. The Morgan fingerprint density at radius 3 is 2.87 bits per heavy atom. The van der Waals surface area contributed by atoms with Crippen LogP contribution < -0.4 is 5.32 Å². The van der Waals surface area contributed by atoms with Crippen LogP contribution in [-0.4, -0.2) is 36.6 Å². The van der Waals surface area contributed by atoms with Gasteiger partial charge in [-0.3, -0.25) is 20.0 Å². The van der Waals surface area contributed by atoms with Crippen molar-refractivity contribution in [2.24, 2.45) is 4.99 Å². The molecule has 0 atom stereocenters. The molecule has 0 aliphatic carbocycles. The monoisotopic (exact) mass is 207 g/mol. The average Bonchev–Trinajstić information content (AvgIpc) is 2.17. The number of hydrogen-bond donors (Lipinski definition) is 1. The van der Waals surface area contributed by atoms with Gasteiger partial charge in [-0.25, -0.2) is 4.79 Å². The Bertz CT molecular complexity index is 345. The van der Waals surface area contributed by atoms with Crippen LogP contribution in [0, 0.1) is 0 Å². The van der Waals surface area contributed by atoms with E-state index in [2.05, 4.69) is 16.9 Å². The van der Waals surface area contributed by atoms with Gasteiger partial charge in [0.2, 0.25) is 5.91 Å². The minimum absolute atomic E-state index is 0.248. The Balaban J connectivity index is 2.85. The molecule has 0 radical (unpaired) electrons. The summed E-state index contributed by atoms with van der Waals surface area (Å²) in [5.41, 5.74) is 0.623. The summed E-state index contributed by atoms with van der Waals surface area (Å²) >= 11 is 0. The third-order valence-corrected chi connectivity index (χ3v) is 1.92. The van der Waals surface area contributed by atoms with Crippen LogP contribution in [0.4, 0.5) is 4.79 Å². The lowest BCUT2D eigenvalue weighted by molar-refractivity contribution is -0.121. The van der Waals surface area contributed by atoms with E-state index >= 15 is 0 Å². The maximum absolute atomic E-state index is 11.5. The fraction of sp³-hybridized carbons (Fsp3) is 0.300. The first kappa shape index (κ1) is 11.2. The summed E-state index contributed by atoms with van der Waals surface area (Å²) in [6.45, 7) is 3.93. The summed E-state index contributed by atoms with van der Waals surface area (Å²) < 4.78 is 0. The number of hydrogen-bond acceptors (Lipinski definition) is 3. The summed E-state index contributed by atoms with van der Waals surface area (Å²) in [4.78, 5) is 27.7. The van der Waals surface area contributed by atoms with Gasteiger partial charge in [0.05, 0.1) is 5.70 Å². The van der Waals surface area contributed by atoms with Crippen LogP contribution in [0.3, 0.4) is 0 Å². The van der Waals surface area contributed by atoms with Crippen LogP contribution in [0.5, 0.6) is 0 Å². The van der Waals surface area contributed by atoms with Gasteiger partial charge in [0.25, 0.3) is 0 Å². The van der Waals surface area contributed by atoms with Gasteiger partial charge in [-0.05, 0) is 6.08 Å². The number of rotatable bonds is 3. The summed E-state index contributed by atoms with van der Waals surface area (Å²) in [5.74, 6) is -0.248. The minimum atomic E-state index is -0.417. The highest BCUT2D eigenvalue weighted by Gasteiger charge is 2.24. The number of urea groups is 1. The molecule has 1 rings (SSSR count). The average molecular weight is 207 g/mol. The lowest BCUT2D eigenvalue weighted by Crippen LogP contribution is -2.49. The second kappa shape index (κ2) is 5.09. The molecule has 1 saturated heterocycles. The molecule has 0 aromatic rings. The quantitative estimate of drug-likeness (QED) is 0.547. The molecule has 3 amide bonds. The molecule has 1 aliphatic rings. The zero-order chi connectivity index (χ0) is 11.3. The molecule has 1 N–H and O–H groups in total. The van der Waals surface area contributed by atoms with Crippen LogP contribution in [0.25, 0.3) is 0 Å². The van der Waals surface area contributed by atoms with Crippen molar-refractivity contribution in [2.75, 3.05) is 13.6 Å². The molecule has 0 aromatic heterocycles. The minimum Gasteiger partial charge on any atom is -0.294 e. The fourth-order valence-corrected chi connectivity index (χ4v) is 1.27. The Hall–Kier alpha value is -1.91. The van der Waals surface area contributed by atoms with Crippen LogP contribution in [-0.2, 0) is 4.79 Å². The topological polar surface area (TPSA) is 61.8 Å². The molecule has 1 aliphatic heterocycles. The van der Waals surface area contributed by atoms with Gasteiger partial charge in [-0.15, -0.1) is 0 Å². The standard InChI is InChI=1S/C10H13N3O2/c1-3-4-8(7-11-2)13-6-5-9(14)12-10(13)15/h3-4,7H,1,5-6H2,2H3,(H,12,14,15)/b8-4+,11-7?. The summed E-state index contributed by atoms with van der Waals surface area (Å²) in [5, 5.41) is 2.24. The fourth-order valence-electron chi connectivity index (χ4n) is 1.27. The van der Waals surface area contributed by atoms with E-state index < -0.39 is 6.03 Å². The first-order chi connectivity index (χ1) is 7.19. The highest BCUT2D eigenvalue weighted by Crippen LogP contribution is 2.08. The van der Waals surface area contributed by atoms with Crippen molar-refractivity contribution >= 4 is 18.2 Å². The predicted octanol–water partition coefficient (Wildman–Crippen LogP) is 0.699. The zero-order valence-electron chi connectivity index (χ0n) is 8.56. The molecule has 1 fully saturated rings. The van der Waals surface area contributed by atoms with Gasteiger partial charge in [-0.1, -0.05) is 12.7 Å². The molecule has 5 nitrogen and oxygen atoms in total. The molecule has 1 heterocycles. The molecule has 0 saturated carbocycles. The van der Waals surface area contributed by atoms with Gasteiger partial charge in [-0.2, -0.15) is 0 Å². The van der Waals surface area contributed by atoms with Crippen LogP contribution in [0.1, 0.15) is 6.42 Å². The second-order valence-electron chi connectivity index (χ2n) is 2.97. The van der Waals surface area contributed by atoms with Gasteiger partial charge in [0.1, 0.15) is 0 Å². The number of amides is 3. The lowest BCUT2D eigenvalue weighted by Gasteiger charge is -2.26. The highest BCUT2D eigenvalue weighted by molar-refractivity contribution is 5.99. The third-order valence-electron chi connectivity index (χ3n) is 1.92. The first-order valence-corrected chi connectivity index (χ1v) is 4.55. The van der Waals surface area contributed by atoms with Crippen molar-refractivity contribution in [1.29, 1.82) is 0 Å². The van der Waals surface area contributed by atoms with E-state index in [4.69, 9.17) is 0 Å². The predicted molar refractivity (Wildman–Crippen MR) is 57.6 cm³/mol. The number of imide groups is 1. The van der Waals surface area contributed by atoms with E-state index in [1.165, 1.54) is 4.90 Å². The molecule has 0 bridgehead atoms. The summed E-state index contributed by atoms with van der Waals surface area (Å²) in [7, 11) is 1.62. The Labute approximate surface area is 88.2 Å². The van der Waals surface area contributed by atoms with Gasteiger partial charge >= 0.3 is 6.03 Å². The summed E-state index contributed by atoms with van der Waals surface area (Å²) in [6.07, 6.45) is 5.10. The summed E-state index contributed by atoms with van der Waals surface area (Å²) in [6, 6.07) is -0.417. The lowest BCUT2D eigenvalue weighted by atomic mass is 10.2.